The first kappa shape index (κ1) is 15.1. The van der Waals surface area contributed by atoms with Crippen molar-refractivity contribution in [2.45, 2.75) is 34.6 Å². The molecule has 3 N–H and O–H groups in total. The molecule has 110 valence electrons. The van der Waals surface area contributed by atoms with Crippen LogP contribution in [0.2, 0.25) is 0 Å². The molecule has 0 fully saturated rings. The van der Waals surface area contributed by atoms with Crippen LogP contribution in [0.1, 0.15) is 32.7 Å². The predicted molar refractivity (Wildman–Crippen MR) is 90.4 cm³/mol. The van der Waals surface area contributed by atoms with Gasteiger partial charge in [-0.25, -0.2) is 4.98 Å². The molecule has 0 aliphatic heterocycles. The van der Waals surface area contributed by atoms with Crippen LogP contribution in [-0.4, -0.2) is 11.5 Å². The van der Waals surface area contributed by atoms with E-state index >= 15 is 0 Å². The third-order valence-electron chi connectivity index (χ3n) is 3.91. The summed E-state index contributed by atoms with van der Waals surface area (Å²) in [5, 5.41) is 4.60. The Balaban J connectivity index is 2.18. The lowest BCUT2D eigenvalue weighted by molar-refractivity contribution is 0.304. The number of benzene rings is 1. The van der Waals surface area contributed by atoms with Gasteiger partial charge in [0.05, 0.1) is 26.6 Å². The zero-order valence-electron chi connectivity index (χ0n) is 13.0. The van der Waals surface area contributed by atoms with Crippen molar-refractivity contribution in [3.63, 3.8) is 0 Å². The summed E-state index contributed by atoms with van der Waals surface area (Å²) < 4.78 is 1.16. The van der Waals surface area contributed by atoms with Crippen LogP contribution in [0.5, 0.6) is 0 Å². The van der Waals surface area contributed by atoms with Crippen LogP contribution in [0.25, 0.3) is 10.2 Å². The van der Waals surface area contributed by atoms with Gasteiger partial charge in [-0.1, -0.05) is 27.7 Å². The summed E-state index contributed by atoms with van der Waals surface area (Å²) in [6, 6.07) is 4.11. The molecule has 0 spiro atoms. The Morgan fingerprint density at radius 1 is 1.20 bits per heavy atom. The zero-order valence-corrected chi connectivity index (χ0v) is 13.8. The largest absolute Gasteiger partial charge is 0.397 e. The number of aromatic nitrogens is 1. The Hall–Kier alpha value is -1.29. The van der Waals surface area contributed by atoms with Crippen LogP contribution in [-0.2, 0) is 0 Å². The number of hydrogen-bond acceptors (Lipinski definition) is 4. The molecule has 4 heteroatoms. The van der Waals surface area contributed by atoms with E-state index in [0.29, 0.717) is 17.8 Å². The van der Waals surface area contributed by atoms with Gasteiger partial charge in [-0.15, -0.1) is 11.3 Å². The summed E-state index contributed by atoms with van der Waals surface area (Å²) in [6.07, 6.45) is 0. The Morgan fingerprint density at radius 3 is 2.45 bits per heavy atom. The molecular formula is C16H25N3S. The summed E-state index contributed by atoms with van der Waals surface area (Å²) in [6.45, 7) is 12.1. The second-order valence-corrected chi connectivity index (χ2v) is 7.41. The van der Waals surface area contributed by atoms with E-state index in [2.05, 4.69) is 44.1 Å². The molecule has 0 saturated heterocycles. The molecule has 2 aromatic rings. The number of thiazole rings is 1. The van der Waals surface area contributed by atoms with Crippen molar-refractivity contribution in [3.05, 3.63) is 17.1 Å². The van der Waals surface area contributed by atoms with Crippen molar-refractivity contribution in [1.82, 2.24) is 4.98 Å². The van der Waals surface area contributed by atoms with Gasteiger partial charge in [0, 0.05) is 6.54 Å². The number of fused-ring (bicyclic) bond motifs is 1. The molecule has 0 aliphatic carbocycles. The molecule has 0 bridgehead atoms. The van der Waals surface area contributed by atoms with Crippen LogP contribution < -0.4 is 11.1 Å². The fraction of sp³-hybridized carbons (Fsp3) is 0.562. The third kappa shape index (κ3) is 3.23. The number of hydrogen-bond donors (Lipinski definition) is 2. The molecule has 20 heavy (non-hydrogen) atoms. The fourth-order valence-electron chi connectivity index (χ4n) is 2.73. The van der Waals surface area contributed by atoms with E-state index in [9.17, 15) is 0 Å². The number of nitrogen functional groups attached to an aromatic ring is 1. The maximum absolute atomic E-state index is 6.15. The average Bonchev–Trinajstić information content (AvgIpc) is 2.67. The highest BCUT2D eigenvalue weighted by Crippen LogP contribution is 2.30. The van der Waals surface area contributed by atoms with Gasteiger partial charge in [0.25, 0.3) is 0 Å². The second kappa shape index (κ2) is 6.00. The molecular weight excluding hydrogens is 266 g/mol. The lowest BCUT2D eigenvalue weighted by Crippen LogP contribution is -2.24. The van der Waals surface area contributed by atoms with Gasteiger partial charge in [-0.3, -0.25) is 0 Å². The van der Waals surface area contributed by atoms with Crippen LogP contribution in [0, 0.1) is 24.7 Å². The molecule has 0 radical (unpaired) electrons. The highest BCUT2D eigenvalue weighted by atomic mass is 32.1. The monoisotopic (exact) mass is 291 g/mol. The van der Waals surface area contributed by atoms with Crippen LogP contribution in [0.15, 0.2) is 12.1 Å². The molecule has 1 aromatic heterocycles. The van der Waals surface area contributed by atoms with Crippen LogP contribution in [0.4, 0.5) is 11.4 Å². The van der Waals surface area contributed by atoms with E-state index < -0.39 is 0 Å². The number of nitrogens with zero attached hydrogens (tertiary/aromatic N) is 1. The van der Waals surface area contributed by atoms with E-state index in [1.54, 1.807) is 11.3 Å². The average molecular weight is 291 g/mol. The molecule has 0 aliphatic rings. The first-order chi connectivity index (χ1) is 9.38. The second-order valence-electron chi connectivity index (χ2n) is 6.17. The van der Waals surface area contributed by atoms with Gasteiger partial charge < -0.3 is 11.1 Å². The lowest BCUT2D eigenvalue weighted by atomic mass is 9.85. The normalized spacial score (nSPS) is 12.0. The SMILES string of the molecule is Cc1nc2cc(NCC(C(C)C)C(C)C)c(N)cc2s1. The fourth-order valence-corrected chi connectivity index (χ4v) is 3.58. The highest BCUT2D eigenvalue weighted by molar-refractivity contribution is 7.18. The van der Waals surface area contributed by atoms with E-state index in [4.69, 9.17) is 5.73 Å². The zero-order chi connectivity index (χ0) is 14.9. The number of nitrogens with one attached hydrogen (secondary N) is 1. The van der Waals surface area contributed by atoms with Crippen molar-refractivity contribution in [2.24, 2.45) is 17.8 Å². The van der Waals surface area contributed by atoms with Gasteiger partial charge in [-0.05, 0) is 36.8 Å². The van der Waals surface area contributed by atoms with Crippen molar-refractivity contribution < 1.29 is 0 Å². The van der Waals surface area contributed by atoms with E-state index in [-0.39, 0.29) is 0 Å². The van der Waals surface area contributed by atoms with Crippen LogP contribution in [0.3, 0.4) is 0 Å². The van der Waals surface area contributed by atoms with Crippen molar-refractivity contribution in [2.75, 3.05) is 17.6 Å². The van der Waals surface area contributed by atoms with Gasteiger partial charge >= 0.3 is 0 Å². The minimum atomic E-state index is 0.641. The van der Waals surface area contributed by atoms with Gasteiger partial charge in [0.1, 0.15) is 0 Å². The molecule has 2 rings (SSSR count). The predicted octanol–water partition coefficient (Wildman–Crippen LogP) is 4.53. The maximum atomic E-state index is 6.15. The Bertz CT molecular complexity index is 579. The molecule has 1 heterocycles. The van der Waals surface area contributed by atoms with Crippen molar-refractivity contribution in [1.29, 1.82) is 0 Å². The first-order valence-electron chi connectivity index (χ1n) is 7.29. The molecule has 0 atom stereocenters. The van der Waals surface area contributed by atoms with Gasteiger partial charge in [0.2, 0.25) is 0 Å². The summed E-state index contributed by atoms with van der Waals surface area (Å²) in [7, 11) is 0. The van der Waals surface area contributed by atoms with Gasteiger partial charge in [-0.2, -0.15) is 0 Å². The number of nitrogens with two attached hydrogens (primary N) is 1. The summed E-state index contributed by atoms with van der Waals surface area (Å²) in [5.41, 5.74) is 9.01. The quantitative estimate of drug-likeness (QED) is 0.796. The molecule has 0 saturated carbocycles. The van der Waals surface area contributed by atoms with E-state index in [1.165, 1.54) is 0 Å². The topological polar surface area (TPSA) is 50.9 Å². The molecule has 0 amide bonds. The highest BCUT2D eigenvalue weighted by Gasteiger charge is 2.17. The van der Waals surface area contributed by atoms with E-state index in [0.717, 1.165) is 33.1 Å². The standard InChI is InChI=1S/C16H25N3S/c1-9(2)12(10(3)4)8-18-14-7-15-16(6-13(14)17)20-11(5)19-15/h6-7,9-10,12,18H,8,17H2,1-5H3. The number of aryl methyl sites for hydroxylation is 1. The van der Waals surface area contributed by atoms with E-state index in [1.807, 2.05) is 13.0 Å². The lowest BCUT2D eigenvalue weighted by Gasteiger charge is -2.25. The Kier molecular flexibility index (Phi) is 4.53. The Morgan fingerprint density at radius 2 is 1.85 bits per heavy atom. The summed E-state index contributed by atoms with van der Waals surface area (Å²) in [5.74, 6) is 1.96. The van der Waals surface area contributed by atoms with Crippen LogP contribution >= 0.6 is 11.3 Å². The first-order valence-corrected chi connectivity index (χ1v) is 8.10. The van der Waals surface area contributed by atoms with Crippen molar-refractivity contribution >= 4 is 32.9 Å². The Labute approximate surface area is 125 Å². The minimum absolute atomic E-state index is 0.641. The number of rotatable bonds is 5. The molecule has 1 aromatic carbocycles. The van der Waals surface area contributed by atoms with Crippen molar-refractivity contribution in [3.8, 4) is 0 Å². The summed E-state index contributed by atoms with van der Waals surface area (Å²) >= 11 is 1.69. The smallest absolute Gasteiger partial charge is 0.0907 e. The van der Waals surface area contributed by atoms with Gasteiger partial charge in [0.15, 0.2) is 0 Å². The molecule has 3 nitrogen and oxygen atoms in total. The number of anilines is 2. The third-order valence-corrected chi connectivity index (χ3v) is 4.84. The summed E-state index contributed by atoms with van der Waals surface area (Å²) in [4.78, 5) is 4.54. The minimum Gasteiger partial charge on any atom is -0.397 e. The molecule has 0 unspecified atom stereocenters. The maximum Gasteiger partial charge on any atom is 0.0907 e.